The Balaban J connectivity index is 1.25. The van der Waals surface area contributed by atoms with E-state index in [1.54, 1.807) is 36.4 Å². The van der Waals surface area contributed by atoms with E-state index < -0.39 is 0 Å². The Morgan fingerprint density at radius 3 is 2.18 bits per heavy atom. The van der Waals surface area contributed by atoms with E-state index in [-0.39, 0.29) is 11.7 Å². The standard InChI is InChI=1S/C32H31N3O4/c1-34-17-19-35(20-18-34)22-24-7-9-25(10-8-24)27-13-16-30(31(21-27)38-23-36)33-32(37)26-11-14-29(15-12-26)39-28-5-3-2-4-6-28/h2-16,21,23H,17-20,22H2,1H3,(H,33,37). The first kappa shape index (κ1) is 26.2. The molecule has 0 aromatic heterocycles. The summed E-state index contributed by atoms with van der Waals surface area (Å²) in [5, 5.41) is 2.84. The number of likely N-dealkylation sites (N-methyl/N-ethyl adjacent to an activating group) is 1. The van der Waals surface area contributed by atoms with Crippen molar-refractivity contribution >= 4 is 18.1 Å². The van der Waals surface area contributed by atoms with Gasteiger partial charge in [0.05, 0.1) is 5.69 Å². The van der Waals surface area contributed by atoms with Crippen molar-refractivity contribution in [1.82, 2.24) is 9.80 Å². The average Bonchev–Trinajstić information content (AvgIpc) is 2.97. The number of carbonyl (C=O) groups excluding carboxylic acids is 2. The highest BCUT2D eigenvalue weighted by molar-refractivity contribution is 6.05. The Hall–Kier alpha value is -4.46. The second-order valence-electron chi connectivity index (χ2n) is 9.59. The van der Waals surface area contributed by atoms with E-state index in [2.05, 4.69) is 46.4 Å². The molecule has 1 heterocycles. The summed E-state index contributed by atoms with van der Waals surface area (Å²) in [6, 6.07) is 30.1. The van der Waals surface area contributed by atoms with E-state index >= 15 is 0 Å². The van der Waals surface area contributed by atoms with Crippen LogP contribution < -0.4 is 14.8 Å². The molecule has 1 amide bonds. The fourth-order valence-corrected chi connectivity index (χ4v) is 4.51. The topological polar surface area (TPSA) is 71.1 Å². The van der Waals surface area contributed by atoms with Crippen LogP contribution in [0.3, 0.4) is 0 Å². The number of hydrogen-bond donors (Lipinski definition) is 1. The fourth-order valence-electron chi connectivity index (χ4n) is 4.51. The summed E-state index contributed by atoms with van der Waals surface area (Å²) in [5.74, 6) is 1.30. The van der Waals surface area contributed by atoms with Gasteiger partial charge in [-0.3, -0.25) is 14.5 Å². The van der Waals surface area contributed by atoms with E-state index in [4.69, 9.17) is 9.47 Å². The smallest absolute Gasteiger partial charge is 0.298 e. The van der Waals surface area contributed by atoms with Crippen molar-refractivity contribution in [2.75, 3.05) is 38.5 Å². The van der Waals surface area contributed by atoms with Gasteiger partial charge in [0.1, 0.15) is 11.5 Å². The molecule has 198 valence electrons. The minimum absolute atomic E-state index is 0.279. The van der Waals surface area contributed by atoms with Crippen molar-refractivity contribution < 1.29 is 19.1 Å². The van der Waals surface area contributed by atoms with Crippen molar-refractivity contribution in [1.29, 1.82) is 0 Å². The van der Waals surface area contributed by atoms with Crippen LogP contribution in [-0.2, 0) is 11.3 Å². The van der Waals surface area contributed by atoms with E-state index in [0.717, 1.165) is 49.6 Å². The molecule has 4 aromatic rings. The highest BCUT2D eigenvalue weighted by Crippen LogP contribution is 2.32. The number of benzene rings is 4. The van der Waals surface area contributed by atoms with Gasteiger partial charge in [0.25, 0.3) is 12.4 Å². The lowest BCUT2D eigenvalue weighted by Gasteiger charge is -2.32. The number of para-hydroxylation sites is 1. The van der Waals surface area contributed by atoms with Gasteiger partial charge in [-0.2, -0.15) is 0 Å². The van der Waals surface area contributed by atoms with Gasteiger partial charge in [0, 0.05) is 38.3 Å². The summed E-state index contributed by atoms with van der Waals surface area (Å²) < 4.78 is 11.0. The normalized spacial score (nSPS) is 14.0. The molecule has 0 radical (unpaired) electrons. The van der Waals surface area contributed by atoms with Crippen LogP contribution in [0.1, 0.15) is 15.9 Å². The molecule has 1 saturated heterocycles. The first-order chi connectivity index (χ1) is 19.1. The summed E-state index contributed by atoms with van der Waals surface area (Å²) >= 11 is 0. The zero-order chi connectivity index (χ0) is 27.0. The first-order valence-corrected chi connectivity index (χ1v) is 13.0. The van der Waals surface area contributed by atoms with Crippen molar-refractivity contribution in [3.8, 4) is 28.4 Å². The van der Waals surface area contributed by atoms with Gasteiger partial charge < -0.3 is 19.7 Å². The Morgan fingerprint density at radius 2 is 1.49 bits per heavy atom. The Labute approximate surface area is 228 Å². The fraction of sp³-hybridized carbons (Fsp3) is 0.188. The van der Waals surface area contributed by atoms with E-state index in [0.29, 0.717) is 23.5 Å². The van der Waals surface area contributed by atoms with Gasteiger partial charge in [-0.05, 0) is 72.3 Å². The molecular weight excluding hydrogens is 490 g/mol. The lowest BCUT2D eigenvalue weighted by molar-refractivity contribution is -0.120. The maximum Gasteiger partial charge on any atom is 0.298 e. The SMILES string of the molecule is CN1CCN(Cc2ccc(-c3ccc(NC(=O)c4ccc(Oc5ccccc5)cc4)c(OC=O)c3)cc2)CC1. The van der Waals surface area contributed by atoms with Crippen LogP contribution in [0.4, 0.5) is 5.69 Å². The van der Waals surface area contributed by atoms with E-state index in [1.807, 2.05) is 36.4 Å². The quantitative estimate of drug-likeness (QED) is 0.286. The molecule has 1 aliphatic heterocycles. The monoisotopic (exact) mass is 521 g/mol. The van der Waals surface area contributed by atoms with E-state index in [9.17, 15) is 9.59 Å². The molecule has 0 saturated carbocycles. The predicted molar refractivity (Wildman–Crippen MR) is 152 cm³/mol. The van der Waals surface area contributed by atoms with Crippen LogP contribution >= 0.6 is 0 Å². The Morgan fingerprint density at radius 1 is 0.821 bits per heavy atom. The van der Waals surface area contributed by atoms with Crippen molar-refractivity contribution in [2.24, 2.45) is 0 Å². The molecule has 0 unspecified atom stereocenters. The maximum atomic E-state index is 12.9. The second-order valence-corrected chi connectivity index (χ2v) is 9.59. The molecule has 0 spiro atoms. The first-order valence-electron chi connectivity index (χ1n) is 13.0. The molecule has 4 aromatic carbocycles. The molecule has 1 aliphatic rings. The van der Waals surface area contributed by atoms with Gasteiger partial charge in [-0.15, -0.1) is 0 Å². The number of amides is 1. The van der Waals surface area contributed by atoms with Gasteiger partial charge in [-0.25, -0.2) is 0 Å². The zero-order valence-corrected chi connectivity index (χ0v) is 21.9. The highest BCUT2D eigenvalue weighted by Gasteiger charge is 2.15. The number of ether oxygens (including phenoxy) is 2. The molecular formula is C32H31N3O4. The number of nitrogens with one attached hydrogen (secondary N) is 1. The average molecular weight is 522 g/mol. The van der Waals surface area contributed by atoms with Crippen LogP contribution in [0.2, 0.25) is 0 Å². The number of carbonyl (C=O) groups is 2. The minimum Gasteiger partial charge on any atom is -0.457 e. The molecule has 0 atom stereocenters. The van der Waals surface area contributed by atoms with Crippen molar-refractivity contribution in [3.05, 3.63) is 108 Å². The highest BCUT2D eigenvalue weighted by atomic mass is 16.5. The summed E-state index contributed by atoms with van der Waals surface area (Å²) in [4.78, 5) is 28.9. The molecule has 39 heavy (non-hydrogen) atoms. The van der Waals surface area contributed by atoms with Crippen LogP contribution in [0, 0.1) is 0 Å². The van der Waals surface area contributed by atoms with Crippen LogP contribution in [0.5, 0.6) is 17.2 Å². The lowest BCUT2D eigenvalue weighted by atomic mass is 10.0. The maximum absolute atomic E-state index is 12.9. The molecule has 7 nitrogen and oxygen atoms in total. The van der Waals surface area contributed by atoms with Gasteiger partial charge in [0.2, 0.25) is 0 Å². The van der Waals surface area contributed by atoms with Crippen LogP contribution in [-0.4, -0.2) is 55.4 Å². The van der Waals surface area contributed by atoms with Crippen LogP contribution in [0.15, 0.2) is 97.1 Å². The largest absolute Gasteiger partial charge is 0.457 e. The third-order valence-electron chi connectivity index (χ3n) is 6.79. The molecule has 1 N–H and O–H groups in total. The van der Waals surface area contributed by atoms with Gasteiger partial charge in [-0.1, -0.05) is 48.5 Å². The van der Waals surface area contributed by atoms with E-state index in [1.165, 1.54) is 5.56 Å². The molecule has 7 heteroatoms. The summed E-state index contributed by atoms with van der Waals surface area (Å²) in [6.07, 6.45) is 0. The van der Waals surface area contributed by atoms with Gasteiger partial charge >= 0.3 is 0 Å². The Bertz CT molecular complexity index is 1400. The summed E-state index contributed by atoms with van der Waals surface area (Å²) in [5.41, 5.74) is 4.01. The predicted octanol–water partition coefficient (Wildman–Crippen LogP) is 5.68. The van der Waals surface area contributed by atoms with Crippen molar-refractivity contribution in [2.45, 2.75) is 6.54 Å². The molecule has 0 bridgehead atoms. The van der Waals surface area contributed by atoms with Crippen molar-refractivity contribution in [3.63, 3.8) is 0 Å². The lowest BCUT2D eigenvalue weighted by Crippen LogP contribution is -2.43. The number of rotatable bonds is 9. The zero-order valence-electron chi connectivity index (χ0n) is 21.9. The Kier molecular flexibility index (Phi) is 8.31. The third kappa shape index (κ3) is 6.90. The van der Waals surface area contributed by atoms with Crippen LogP contribution in [0.25, 0.3) is 11.1 Å². The minimum atomic E-state index is -0.321. The van der Waals surface area contributed by atoms with Gasteiger partial charge in [0.15, 0.2) is 5.75 Å². The number of piperazine rings is 1. The molecule has 1 fully saturated rings. The number of nitrogens with zero attached hydrogens (tertiary/aromatic N) is 2. The summed E-state index contributed by atoms with van der Waals surface area (Å²) in [7, 11) is 2.16. The third-order valence-corrected chi connectivity index (χ3v) is 6.79. The summed E-state index contributed by atoms with van der Waals surface area (Å²) in [6.45, 7) is 5.62. The molecule has 5 rings (SSSR count). The number of hydrogen-bond acceptors (Lipinski definition) is 6. The second kappa shape index (κ2) is 12.4. The number of anilines is 1. The molecule has 0 aliphatic carbocycles.